The Morgan fingerprint density at radius 2 is 1.75 bits per heavy atom. The van der Waals surface area contributed by atoms with Crippen molar-refractivity contribution in [3.05, 3.63) is 63.6 Å². The van der Waals surface area contributed by atoms with Gasteiger partial charge in [-0.25, -0.2) is 0 Å². The van der Waals surface area contributed by atoms with E-state index in [1.807, 2.05) is 47.4 Å². The van der Waals surface area contributed by atoms with Crippen molar-refractivity contribution in [2.75, 3.05) is 31.1 Å². The number of hydrogen-bond acceptors (Lipinski definition) is 2. The number of anilines is 1. The average Bonchev–Trinajstić information content (AvgIpc) is 2.59. The molecule has 1 aliphatic heterocycles. The molecule has 0 aliphatic carbocycles. The zero-order valence-electron chi connectivity index (χ0n) is 13.6. The van der Waals surface area contributed by atoms with E-state index in [0.717, 1.165) is 42.5 Å². The number of benzene rings is 2. The van der Waals surface area contributed by atoms with Crippen molar-refractivity contribution in [1.29, 1.82) is 0 Å². The molecule has 1 heterocycles. The molecule has 24 heavy (non-hydrogen) atoms. The van der Waals surface area contributed by atoms with Crippen LogP contribution in [-0.4, -0.2) is 37.0 Å². The Labute approximate surface area is 152 Å². The first-order valence-corrected chi connectivity index (χ1v) is 8.82. The molecule has 3 nitrogen and oxygen atoms in total. The maximum absolute atomic E-state index is 12.5. The van der Waals surface area contributed by atoms with Gasteiger partial charge in [-0.05, 0) is 36.2 Å². The van der Waals surface area contributed by atoms with Gasteiger partial charge in [0.1, 0.15) is 0 Å². The number of halogens is 2. The minimum Gasteiger partial charge on any atom is -0.368 e. The molecule has 0 atom stereocenters. The normalized spacial score (nSPS) is 14.8. The highest BCUT2D eigenvalue weighted by atomic mass is 35.5. The highest BCUT2D eigenvalue weighted by Crippen LogP contribution is 2.25. The van der Waals surface area contributed by atoms with E-state index in [9.17, 15) is 4.79 Å². The fraction of sp³-hybridized carbons (Fsp3) is 0.316. The molecule has 1 saturated heterocycles. The molecule has 2 aromatic carbocycles. The van der Waals surface area contributed by atoms with Gasteiger partial charge in [0, 0.05) is 41.9 Å². The maximum Gasteiger partial charge on any atom is 0.227 e. The number of nitrogens with zero attached hydrogens (tertiary/aromatic N) is 2. The molecular weight excluding hydrogens is 343 g/mol. The van der Waals surface area contributed by atoms with Crippen molar-refractivity contribution < 1.29 is 4.79 Å². The summed E-state index contributed by atoms with van der Waals surface area (Å²) in [7, 11) is 0. The van der Waals surface area contributed by atoms with Gasteiger partial charge < -0.3 is 9.80 Å². The summed E-state index contributed by atoms with van der Waals surface area (Å²) < 4.78 is 0. The number of piperazine rings is 1. The van der Waals surface area contributed by atoms with Crippen LogP contribution in [0.3, 0.4) is 0 Å². The Hall–Kier alpha value is -1.71. The zero-order chi connectivity index (χ0) is 17.1. The number of hydrogen-bond donors (Lipinski definition) is 0. The maximum atomic E-state index is 12.5. The molecule has 0 radical (unpaired) electrons. The molecule has 0 aromatic heterocycles. The summed E-state index contributed by atoms with van der Waals surface area (Å²) in [5.41, 5.74) is 3.24. The van der Waals surface area contributed by atoms with Gasteiger partial charge in [-0.2, -0.15) is 0 Å². The predicted molar refractivity (Wildman–Crippen MR) is 100 cm³/mol. The molecule has 0 saturated carbocycles. The van der Waals surface area contributed by atoms with Crippen LogP contribution in [0, 0.1) is 6.92 Å². The predicted octanol–water partition coefficient (Wildman–Crippen LogP) is 4.19. The Bertz CT molecular complexity index is 740. The second-order valence-corrected chi connectivity index (χ2v) is 6.91. The first-order chi connectivity index (χ1) is 11.5. The summed E-state index contributed by atoms with van der Waals surface area (Å²) in [6.07, 6.45) is 0.357. The third-order valence-corrected chi connectivity index (χ3v) is 5.05. The van der Waals surface area contributed by atoms with Gasteiger partial charge in [0.25, 0.3) is 0 Å². The Morgan fingerprint density at radius 3 is 2.46 bits per heavy atom. The fourth-order valence-electron chi connectivity index (χ4n) is 3.04. The molecule has 1 amide bonds. The smallest absolute Gasteiger partial charge is 0.227 e. The van der Waals surface area contributed by atoms with Gasteiger partial charge in [-0.3, -0.25) is 4.79 Å². The molecular formula is C19H20Cl2N2O. The number of aryl methyl sites for hydroxylation is 1. The highest BCUT2D eigenvalue weighted by Gasteiger charge is 2.22. The van der Waals surface area contributed by atoms with Crippen molar-refractivity contribution in [3.8, 4) is 0 Å². The summed E-state index contributed by atoms with van der Waals surface area (Å²) in [5, 5.41) is 1.40. The summed E-state index contributed by atoms with van der Waals surface area (Å²) >= 11 is 12.3. The SMILES string of the molecule is Cc1ccc(Cl)cc1N1CCN(C(=O)Cc2ccccc2Cl)CC1. The van der Waals surface area contributed by atoms with Crippen LogP contribution >= 0.6 is 23.2 Å². The van der Waals surface area contributed by atoms with Crippen LogP contribution in [-0.2, 0) is 11.2 Å². The highest BCUT2D eigenvalue weighted by molar-refractivity contribution is 6.31. The molecule has 3 rings (SSSR count). The summed E-state index contributed by atoms with van der Waals surface area (Å²) in [6.45, 7) is 5.15. The monoisotopic (exact) mass is 362 g/mol. The van der Waals surface area contributed by atoms with Gasteiger partial charge in [-0.1, -0.05) is 47.5 Å². The van der Waals surface area contributed by atoms with Gasteiger partial charge in [-0.15, -0.1) is 0 Å². The molecule has 1 fully saturated rings. The van der Waals surface area contributed by atoms with Crippen LogP contribution < -0.4 is 4.90 Å². The third kappa shape index (κ3) is 3.85. The van der Waals surface area contributed by atoms with Gasteiger partial charge in [0.05, 0.1) is 6.42 Å². The van der Waals surface area contributed by atoms with Crippen LogP contribution in [0.25, 0.3) is 0 Å². The van der Waals surface area contributed by atoms with Crippen molar-refractivity contribution in [2.24, 2.45) is 0 Å². The lowest BCUT2D eigenvalue weighted by Crippen LogP contribution is -2.49. The molecule has 0 bridgehead atoms. The summed E-state index contributed by atoms with van der Waals surface area (Å²) in [4.78, 5) is 16.7. The topological polar surface area (TPSA) is 23.6 Å². The van der Waals surface area contributed by atoms with E-state index in [4.69, 9.17) is 23.2 Å². The largest absolute Gasteiger partial charge is 0.368 e. The average molecular weight is 363 g/mol. The lowest BCUT2D eigenvalue weighted by atomic mass is 10.1. The van der Waals surface area contributed by atoms with E-state index in [2.05, 4.69) is 11.8 Å². The van der Waals surface area contributed by atoms with Crippen LogP contribution in [0.1, 0.15) is 11.1 Å². The van der Waals surface area contributed by atoms with Crippen LogP contribution in [0.2, 0.25) is 10.0 Å². The minimum absolute atomic E-state index is 0.130. The van der Waals surface area contributed by atoms with Crippen LogP contribution in [0.4, 0.5) is 5.69 Å². The zero-order valence-corrected chi connectivity index (χ0v) is 15.1. The Balaban J connectivity index is 1.61. The van der Waals surface area contributed by atoms with Crippen molar-refractivity contribution >= 4 is 34.8 Å². The molecule has 0 N–H and O–H groups in total. The number of amides is 1. The first-order valence-electron chi connectivity index (χ1n) is 8.07. The lowest BCUT2D eigenvalue weighted by Gasteiger charge is -2.37. The molecule has 126 valence electrons. The van der Waals surface area contributed by atoms with E-state index in [0.29, 0.717) is 11.4 Å². The van der Waals surface area contributed by atoms with Gasteiger partial charge >= 0.3 is 0 Å². The number of rotatable bonds is 3. The van der Waals surface area contributed by atoms with Crippen LogP contribution in [0.5, 0.6) is 0 Å². The van der Waals surface area contributed by atoms with Crippen molar-refractivity contribution in [3.63, 3.8) is 0 Å². The third-order valence-electron chi connectivity index (χ3n) is 4.44. The molecule has 5 heteroatoms. The van der Waals surface area contributed by atoms with E-state index >= 15 is 0 Å². The van der Waals surface area contributed by atoms with Gasteiger partial charge in [0.2, 0.25) is 5.91 Å². The lowest BCUT2D eigenvalue weighted by molar-refractivity contribution is -0.130. The van der Waals surface area contributed by atoms with Gasteiger partial charge in [0.15, 0.2) is 0 Å². The first kappa shape index (κ1) is 17.1. The molecule has 2 aromatic rings. The van der Waals surface area contributed by atoms with Crippen LogP contribution in [0.15, 0.2) is 42.5 Å². The number of carbonyl (C=O) groups excluding carboxylic acids is 1. The summed E-state index contributed by atoms with van der Waals surface area (Å²) in [5.74, 6) is 0.130. The quantitative estimate of drug-likeness (QED) is 0.816. The second-order valence-electron chi connectivity index (χ2n) is 6.07. The summed E-state index contributed by atoms with van der Waals surface area (Å²) in [6, 6.07) is 13.5. The van der Waals surface area contributed by atoms with E-state index < -0.39 is 0 Å². The Morgan fingerprint density at radius 1 is 1.04 bits per heavy atom. The van der Waals surface area contributed by atoms with E-state index in [1.165, 1.54) is 5.56 Å². The van der Waals surface area contributed by atoms with Crippen molar-refractivity contribution in [2.45, 2.75) is 13.3 Å². The second kappa shape index (κ2) is 7.45. The standard InChI is InChI=1S/C19H20Cl2N2O/c1-14-6-7-16(20)13-18(14)22-8-10-23(11-9-22)19(24)12-15-4-2-3-5-17(15)21/h2-7,13H,8-12H2,1H3. The number of carbonyl (C=O) groups is 1. The molecule has 0 unspecified atom stereocenters. The van der Waals surface area contributed by atoms with E-state index in [1.54, 1.807) is 0 Å². The van der Waals surface area contributed by atoms with Crippen molar-refractivity contribution in [1.82, 2.24) is 4.90 Å². The molecule has 1 aliphatic rings. The molecule has 0 spiro atoms. The minimum atomic E-state index is 0.130. The van der Waals surface area contributed by atoms with E-state index in [-0.39, 0.29) is 5.91 Å². The fourth-order valence-corrected chi connectivity index (χ4v) is 3.41. The Kier molecular flexibility index (Phi) is 5.32.